The van der Waals surface area contributed by atoms with Crippen LogP contribution in [0.1, 0.15) is 18.9 Å². The predicted molar refractivity (Wildman–Crippen MR) is 94.9 cm³/mol. The predicted octanol–water partition coefficient (Wildman–Crippen LogP) is 3.53. The highest BCUT2D eigenvalue weighted by atomic mass is 35.5. The first kappa shape index (κ1) is 16.7. The number of halogens is 1. The van der Waals surface area contributed by atoms with E-state index in [0.717, 1.165) is 5.56 Å². The lowest BCUT2D eigenvalue weighted by Gasteiger charge is -2.24. The van der Waals surface area contributed by atoms with Crippen LogP contribution in [0.4, 0.5) is 5.69 Å². The van der Waals surface area contributed by atoms with Crippen molar-refractivity contribution < 1.29 is 8.42 Å². The molecule has 24 heavy (non-hydrogen) atoms. The molecule has 6 nitrogen and oxygen atoms in total. The van der Waals surface area contributed by atoms with Crippen molar-refractivity contribution in [3.05, 3.63) is 47.5 Å². The molecule has 2 aromatic heterocycles. The number of rotatable bonds is 5. The van der Waals surface area contributed by atoms with E-state index in [0.29, 0.717) is 34.7 Å². The van der Waals surface area contributed by atoms with Crippen LogP contribution in [0.2, 0.25) is 5.02 Å². The second kappa shape index (κ2) is 6.41. The Bertz CT molecular complexity index is 985. The van der Waals surface area contributed by atoms with Gasteiger partial charge in [-0.2, -0.15) is 0 Å². The molecule has 0 aliphatic rings. The number of H-pyrrole nitrogens is 1. The topological polar surface area (TPSA) is 79.0 Å². The summed E-state index contributed by atoms with van der Waals surface area (Å²) in [5, 5.41) is 1.08. The molecular weight excluding hydrogens is 348 g/mol. The molecule has 0 aliphatic carbocycles. The number of fused-ring (bicyclic) bond motifs is 1. The van der Waals surface area contributed by atoms with E-state index in [9.17, 15) is 8.42 Å². The fourth-order valence-corrected chi connectivity index (χ4v) is 4.35. The van der Waals surface area contributed by atoms with Gasteiger partial charge in [0.2, 0.25) is 0 Å². The minimum absolute atomic E-state index is 0.166. The van der Waals surface area contributed by atoms with E-state index in [2.05, 4.69) is 15.0 Å². The molecule has 0 aliphatic heterocycles. The lowest BCUT2D eigenvalue weighted by atomic mass is 10.2. The molecule has 0 fully saturated rings. The van der Waals surface area contributed by atoms with Gasteiger partial charge in [-0.05, 0) is 37.1 Å². The number of hydrogen-bond acceptors (Lipinski definition) is 4. The van der Waals surface area contributed by atoms with Gasteiger partial charge < -0.3 is 4.98 Å². The van der Waals surface area contributed by atoms with E-state index < -0.39 is 10.0 Å². The maximum atomic E-state index is 13.2. The van der Waals surface area contributed by atoms with E-state index in [1.54, 1.807) is 18.2 Å². The van der Waals surface area contributed by atoms with Crippen molar-refractivity contribution in [1.29, 1.82) is 0 Å². The first-order valence-electron chi connectivity index (χ1n) is 7.51. The number of aromatic amines is 1. The number of aryl methyl sites for hydroxylation is 1. The van der Waals surface area contributed by atoms with E-state index >= 15 is 0 Å². The maximum absolute atomic E-state index is 13.2. The molecule has 0 unspecified atom stereocenters. The van der Waals surface area contributed by atoms with Crippen LogP contribution in [0.3, 0.4) is 0 Å². The third-order valence-electron chi connectivity index (χ3n) is 3.74. The molecule has 0 radical (unpaired) electrons. The summed E-state index contributed by atoms with van der Waals surface area (Å²) >= 11 is 6.06. The minimum Gasteiger partial charge on any atom is -0.345 e. The Kier molecular flexibility index (Phi) is 4.47. The molecule has 0 bridgehead atoms. The number of benzene rings is 1. The molecular formula is C16H17ClN4O2S. The Labute approximate surface area is 145 Å². The number of aromatic nitrogens is 3. The second-order valence-corrected chi connectivity index (χ2v) is 7.69. The van der Waals surface area contributed by atoms with Crippen molar-refractivity contribution in [2.75, 3.05) is 10.8 Å². The van der Waals surface area contributed by atoms with Crippen LogP contribution in [0.15, 0.2) is 41.8 Å². The van der Waals surface area contributed by atoms with Gasteiger partial charge in [-0.25, -0.2) is 18.4 Å². The Morgan fingerprint density at radius 1 is 1.33 bits per heavy atom. The van der Waals surface area contributed by atoms with Crippen molar-refractivity contribution >= 4 is 38.3 Å². The number of hydrogen-bond donors (Lipinski definition) is 1. The van der Waals surface area contributed by atoms with Gasteiger partial charge >= 0.3 is 0 Å². The molecule has 0 saturated carbocycles. The molecule has 2 heterocycles. The van der Waals surface area contributed by atoms with Crippen LogP contribution < -0.4 is 4.31 Å². The summed E-state index contributed by atoms with van der Waals surface area (Å²) in [5.74, 6) is 0. The van der Waals surface area contributed by atoms with Gasteiger partial charge in [0.25, 0.3) is 10.0 Å². The zero-order valence-corrected chi connectivity index (χ0v) is 14.9. The van der Waals surface area contributed by atoms with Crippen molar-refractivity contribution in [3.63, 3.8) is 0 Å². The highest BCUT2D eigenvalue weighted by molar-refractivity contribution is 7.93. The number of anilines is 1. The number of nitrogens with zero attached hydrogens (tertiary/aromatic N) is 3. The lowest BCUT2D eigenvalue weighted by molar-refractivity contribution is 0.591. The Morgan fingerprint density at radius 3 is 2.83 bits per heavy atom. The monoisotopic (exact) mass is 364 g/mol. The number of nitrogens with one attached hydrogen (secondary N) is 1. The zero-order valence-electron chi connectivity index (χ0n) is 13.3. The van der Waals surface area contributed by atoms with Gasteiger partial charge in [0.05, 0.1) is 11.1 Å². The molecule has 3 aromatic rings. The summed E-state index contributed by atoms with van der Waals surface area (Å²) in [4.78, 5) is 11.0. The van der Waals surface area contributed by atoms with E-state index in [1.165, 1.54) is 23.0 Å². The molecule has 0 saturated heterocycles. The molecule has 3 rings (SSSR count). The van der Waals surface area contributed by atoms with Crippen LogP contribution >= 0.6 is 11.6 Å². The van der Waals surface area contributed by atoms with Gasteiger partial charge in [0, 0.05) is 24.0 Å². The average Bonchev–Trinajstić information content (AvgIpc) is 3.00. The lowest BCUT2D eigenvalue weighted by Crippen LogP contribution is -2.31. The maximum Gasteiger partial charge on any atom is 0.266 e. The normalized spacial score (nSPS) is 11.8. The fourth-order valence-electron chi connectivity index (χ4n) is 2.54. The van der Waals surface area contributed by atoms with E-state index in [4.69, 9.17) is 11.6 Å². The third-order valence-corrected chi connectivity index (χ3v) is 6.03. The summed E-state index contributed by atoms with van der Waals surface area (Å²) in [6, 6.07) is 5.21. The van der Waals surface area contributed by atoms with E-state index in [1.807, 2.05) is 13.8 Å². The fraction of sp³-hybridized carbons (Fsp3) is 0.250. The summed E-state index contributed by atoms with van der Waals surface area (Å²) in [7, 11) is -3.75. The number of sulfonamides is 1. The molecule has 0 amide bonds. The Morgan fingerprint density at radius 2 is 2.12 bits per heavy atom. The molecule has 8 heteroatoms. The Hall–Kier alpha value is -2.12. The van der Waals surface area contributed by atoms with Crippen LogP contribution in [0.5, 0.6) is 0 Å². The zero-order chi connectivity index (χ0) is 17.3. The Balaban J connectivity index is 2.14. The first-order chi connectivity index (χ1) is 11.4. The van der Waals surface area contributed by atoms with Gasteiger partial charge in [-0.1, -0.05) is 18.5 Å². The summed E-state index contributed by atoms with van der Waals surface area (Å²) in [6.45, 7) is 4.15. The van der Waals surface area contributed by atoms with Crippen molar-refractivity contribution in [3.8, 4) is 0 Å². The van der Waals surface area contributed by atoms with Crippen LogP contribution in [-0.4, -0.2) is 29.9 Å². The SMILES string of the molecule is CCCN(c1ccc(Cl)c(C)c1)S(=O)(=O)c1c[nH]c2ncncc12. The smallest absolute Gasteiger partial charge is 0.266 e. The largest absolute Gasteiger partial charge is 0.345 e. The standard InChI is InChI=1S/C16H17ClN4O2S/c1-3-6-21(12-4-5-14(17)11(2)7-12)24(22,23)15-9-19-16-13(15)8-18-10-20-16/h4-5,7-10H,3,6H2,1-2H3,(H,18,19,20). The molecule has 1 aromatic carbocycles. The first-order valence-corrected chi connectivity index (χ1v) is 9.33. The molecule has 126 valence electrons. The molecule has 0 spiro atoms. The van der Waals surface area contributed by atoms with Gasteiger partial charge in [-0.3, -0.25) is 4.31 Å². The van der Waals surface area contributed by atoms with Crippen LogP contribution in [-0.2, 0) is 10.0 Å². The van der Waals surface area contributed by atoms with Gasteiger partial charge in [0.15, 0.2) is 0 Å². The second-order valence-electron chi connectivity index (χ2n) is 5.45. The van der Waals surface area contributed by atoms with Crippen molar-refractivity contribution in [1.82, 2.24) is 15.0 Å². The summed E-state index contributed by atoms with van der Waals surface area (Å²) < 4.78 is 27.8. The third kappa shape index (κ3) is 2.85. The van der Waals surface area contributed by atoms with E-state index in [-0.39, 0.29) is 4.90 Å². The highest BCUT2D eigenvalue weighted by Gasteiger charge is 2.27. The molecule has 0 atom stereocenters. The summed E-state index contributed by atoms with van der Waals surface area (Å²) in [5.41, 5.74) is 1.91. The average molecular weight is 365 g/mol. The van der Waals surface area contributed by atoms with Crippen LogP contribution in [0.25, 0.3) is 11.0 Å². The van der Waals surface area contributed by atoms with Crippen molar-refractivity contribution in [2.45, 2.75) is 25.2 Å². The van der Waals surface area contributed by atoms with Crippen molar-refractivity contribution in [2.24, 2.45) is 0 Å². The van der Waals surface area contributed by atoms with Gasteiger partial charge in [-0.15, -0.1) is 0 Å². The summed E-state index contributed by atoms with van der Waals surface area (Å²) in [6.07, 6.45) is 5.02. The minimum atomic E-state index is -3.75. The molecule has 1 N–H and O–H groups in total. The quantitative estimate of drug-likeness (QED) is 0.751. The van der Waals surface area contributed by atoms with Crippen LogP contribution in [0, 0.1) is 6.92 Å². The highest BCUT2D eigenvalue weighted by Crippen LogP contribution is 2.30. The van der Waals surface area contributed by atoms with Gasteiger partial charge in [0.1, 0.15) is 16.9 Å².